The zero-order chi connectivity index (χ0) is 17.4. The van der Waals surface area contributed by atoms with Crippen LogP contribution >= 0.6 is 24.0 Å². The number of rotatable bonds is 6. The topological polar surface area (TPSA) is 69.5 Å². The van der Waals surface area contributed by atoms with E-state index in [1.165, 1.54) is 0 Å². The van der Waals surface area contributed by atoms with Gasteiger partial charge in [0.05, 0.1) is 18.8 Å². The molecular weight excluding hydrogens is 427 g/mol. The maximum absolute atomic E-state index is 10.7. The summed E-state index contributed by atoms with van der Waals surface area (Å²) >= 11 is 0. The first-order valence-corrected chi connectivity index (χ1v) is 8.23. The Balaban J connectivity index is 0.00000312. The van der Waals surface area contributed by atoms with Crippen molar-refractivity contribution in [2.75, 3.05) is 13.1 Å². The van der Waals surface area contributed by atoms with Gasteiger partial charge in [-0.3, -0.25) is 4.98 Å². The number of aliphatic hydroxyl groups is 1. The molecule has 0 bridgehead atoms. The van der Waals surface area contributed by atoms with Crippen LogP contribution in [-0.2, 0) is 12.1 Å². The van der Waals surface area contributed by atoms with Crippen molar-refractivity contribution in [1.82, 2.24) is 15.6 Å². The maximum Gasteiger partial charge on any atom is 0.191 e. The molecular formula is C19H27IN4O. The van der Waals surface area contributed by atoms with E-state index in [9.17, 15) is 5.11 Å². The van der Waals surface area contributed by atoms with Gasteiger partial charge in [0.25, 0.3) is 0 Å². The summed E-state index contributed by atoms with van der Waals surface area (Å²) in [7, 11) is 0. The molecule has 2 rings (SSSR count). The molecule has 0 amide bonds. The number of aromatic nitrogens is 1. The Hall–Kier alpha value is -1.67. The summed E-state index contributed by atoms with van der Waals surface area (Å²) in [4.78, 5) is 8.92. The molecule has 25 heavy (non-hydrogen) atoms. The van der Waals surface area contributed by atoms with Crippen molar-refractivity contribution in [2.45, 2.75) is 32.9 Å². The van der Waals surface area contributed by atoms with Gasteiger partial charge in [0.1, 0.15) is 5.60 Å². The zero-order valence-electron chi connectivity index (χ0n) is 15.0. The summed E-state index contributed by atoms with van der Waals surface area (Å²) in [6, 6.07) is 13.6. The number of nitrogens with zero attached hydrogens (tertiary/aromatic N) is 2. The highest BCUT2D eigenvalue weighted by Crippen LogP contribution is 2.18. The van der Waals surface area contributed by atoms with Crippen molar-refractivity contribution in [3.8, 4) is 0 Å². The first kappa shape index (κ1) is 21.4. The average molecular weight is 454 g/mol. The Kier molecular flexibility index (Phi) is 8.85. The number of benzene rings is 1. The van der Waals surface area contributed by atoms with E-state index in [1.54, 1.807) is 13.1 Å². The molecule has 0 aliphatic heterocycles. The van der Waals surface area contributed by atoms with Crippen LogP contribution in [-0.4, -0.2) is 29.1 Å². The molecule has 0 aliphatic carbocycles. The van der Waals surface area contributed by atoms with Gasteiger partial charge in [0, 0.05) is 12.7 Å². The van der Waals surface area contributed by atoms with E-state index in [1.807, 2.05) is 56.3 Å². The zero-order valence-corrected chi connectivity index (χ0v) is 17.3. The number of hydrogen-bond acceptors (Lipinski definition) is 3. The molecule has 1 aromatic heterocycles. The quantitative estimate of drug-likeness (QED) is 0.357. The summed E-state index contributed by atoms with van der Waals surface area (Å²) < 4.78 is 0. The molecule has 2 aromatic rings. The van der Waals surface area contributed by atoms with Gasteiger partial charge in [-0.25, -0.2) is 4.99 Å². The SMILES string of the molecule is CCNC(=NCc1ncccc1C)NCC(C)(O)c1ccccc1.I. The van der Waals surface area contributed by atoms with Crippen LogP contribution in [0.3, 0.4) is 0 Å². The van der Waals surface area contributed by atoms with E-state index >= 15 is 0 Å². The highest BCUT2D eigenvalue weighted by molar-refractivity contribution is 14.0. The van der Waals surface area contributed by atoms with Crippen molar-refractivity contribution in [3.05, 3.63) is 65.5 Å². The first-order valence-electron chi connectivity index (χ1n) is 8.23. The van der Waals surface area contributed by atoms with Gasteiger partial charge in [-0.1, -0.05) is 36.4 Å². The van der Waals surface area contributed by atoms with Crippen molar-refractivity contribution >= 4 is 29.9 Å². The van der Waals surface area contributed by atoms with Crippen molar-refractivity contribution in [2.24, 2.45) is 4.99 Å². The standard InChI is InChI=1S/C19H26N4O.HI/c1-4-20-18(22-13-17-15(2)9-8-12-21-17)23-14-19(3,24)16-10-6-5-7-11-16;/h5-12,24H,4,13-14H2,1-3H3,(H2,20,22,23);1H. The predicted molar refractivity (Wildman–Crippen MR) is 113 cm³/mol. The fourth-order valence-electron chi connectivity index (χ4n) is 2.33. The summed E-state index contributed by atoms with van der Waals surface area (Å²) in [6.07, 6.45) is 1.78. The molecule has 1 atom stereocenters. The molecule has 0 fully saturated rings. The molecule has 136 valence electrons. The highest BCUT2D eigenvalue weighted by atomic mass is 127. The molecule has 0 spiro atoms. The van der Waals surface area contributed by atoms with Crippen LogP contribution in [0, 0.1) is 6.92 Å². The van der Waals surface area contributed by atoms with Crippen molar-refractivity contribution < 1.29 is 5.11 Å². The number of nitrogens with one attached hydrogen (secondary N) is 2. The van der Waals surface area contributed by atoms with Crippen LogP contribution < -0.4 is 10.6 Å². The Morgan fingerprint density at radius 3 is 2.52 bits per heavy atom. The molecule has 1 heterocycles. The second-order valence-electron chi connectivity index (χ2n) is 5.96. The number of guanidine groups is 1. The Bertz CT molecular complexity index is 674. The van der Waals surface area contributed by atoms with Crippen molar-refractivity contribution in [3.63, 3.8) is 0 Å². The normalized spacial score (nSPS) is 13.5. The number of aryl methyl sites for hydroxylation is 1. The Labute approximate surface area is 167 Å². The van der Waals surface area contributed by atoms with E-state index in [0.29, 0.717) is 19.0 Å². The summed E-state index contributed by atoms with van der Waals surface area (Å²) in [5, 5.41) is 17.1. The lowest BCUT2D eigenvalue weighted by Crippen LogP contribution is -2.44. The Morgan fingerprint density at radius 1 is 1.16 bits per heavy atom. The molecule has 0 aliphatic rings. The number of aliphatic imine (C=N–C) groups is 1. The van der Waals surface area contributed by atoms with Gasteiger partial charge in [0.15, 0.2) is 5.96 Å². The van der Waals surface area contributed by atoms with Gasteiger partial charge in [0.2, 0.25) is 0 Å². The molecule has 0 radical (unpaired) electrons. The number of hydrogen-bond donors (Lipinski definition) is 3. The maximum atomic E-state index is 10.7. The monoisotopic (exact) mass is 454 g/mol. The summed E-state index contributed by atoms with van der Waals surface area (Å²) in [5.41, 5.74) is 1.96. The van der Waals surface area contributed by atoms with Gasteiger partial charge in [-0.15, -0.1) is 24.0 Å². The van der Waals surface area contributed by atoms with E-state index in [-0.39, 0.29) is 24.0 Å². The lowest BCUT2D eigenvalue weighted by atomic mass is 9.96. The van der Waals surface area contributed by atoms with Gasteiger partial charge in [-0.05, 0) is 38.0 Å². The third-order valence-electron chi connectivity index (χ3n) is 3.84. The molecule has 3 N–H and O–H groups in total. The smallest absolute Gasteiger partial charge is 0.191 e. The highest BCUT2D eigenvalue weighted by Gasteiger charge is 2.22. The summed E-state index contributed by atoms with van der Waals surface area (Å²) in [6.45, 7) is 7.44. The van der Waals surface area contributed by atoms with Crippen LogP contribution in [0.25, 0.3) is 0 Å². The molecule has 5 nitrogen and oxygen atoms in total. The van der Waals surface area contributed by atoms with E-state index in [0.717, 1.165) is 23.4 Å². The Morgan fingerprint density at radius 2 is 1.88 bits per heavy atom. The third-order valence-corrected chi connectivity index (χ3v) is 3.84. The average Bonchev–Trinajstić information content (AvgIpc) is 2.59. The minimum Gasteiger partial charge on any atom is -0.384 e. The molecule has 0 saturated heterocycles. The fraction of sp³-hybridized carbons (Fsp3) is 0.368. The number of halogens is 1. The minimum absolute atomic E-state index is 0. The third kappa shape index (κ3) is 6.62. The second kappa shape index (κ2) is 10.4. The second-order valence-corrected chi connectivity index (χ2v) is 5.96. The molecule has 0 saturated carbocycles. The van der Waals surface area contributed by atoms with E-state index in [4.69, 9.17) is 0 Å². The van der Waals surface area contributed by atoms with Crippen LogP contribution in [0.15, 0.2) is 53.7 Å². The van der Waals surface area contributed by atoms with Crippen molar-refractivity contribution in [1.29, 1.82) is 0 Å². The number of pyridine rings is 1. The van der Waals surface area contributed by atoms with Crippen LogP contribution in [0.2, 0.25) is 0 Å². The predicted octanol–water partition coefficient (Wildman–Crippen LogP) is 2.97. The van der Waals surface area contributed by atoms with Crippen LogP contribution in [0.5, 0.6) is 0 Å². The van der Waals surface area contributed by atoms with Crippen LogP contribution in [0.1, 0.15) is 30.7 Å². The lowest BCUT2D eigenvalue weighted by molar-refractivity contribution is 0.0617. The van der Waals surface area contributed by atoms with E-state index < -0.39 is 5.60 Å². The largest absolute Gasteiger partial charge is 0.384 e. The molecule has 6 heteroatoms. The minimum atomic E-state index is -0.974. The fourth-order valence-corrected chi connectivity index (χ4v) is 2.33. The van der Waals surface area contributed by atoms with Gasteiger partial charge in [-0.2, -0.15) is 0 Å². The van der Waals surface area contributed by atoms with Gasteiger partial charge >= 0.3 is 0 Å². The molecule has 1 unspecified atom stereocenters. The van der Waals surface area contributed by atoms with E-state index in [2.05, 4.69) is 20.6 Å². The first-order chi connectivity index (χ1) is 11.5. The van der Waals surface area contributed by atoms with Gasteiger partial charge < -0.3 is 15.7 Å². The summed E-state index contributed by atoms with van der Waals surface area (Å²) in [5.74, 6) is 0.666. The van der Waals surface area contributed by atoms with Crippen LogP contribution in [0.4, 0.5) is 0 Å². The molecule has 1 aromatic carbocycles. The lowest BCUT2D eigenvalue weighted by Gasteiger charge is -2.25.